The number of nitrogens with zero attached hydrogens (tertiary/aromatic N) is 1. The largest absolute Gasteiger partial charge is 0.468 e. The van der Waals surface area contributed by atoms with Crippen LogP contribution in [0.3, 0.4) is 0 Å². The summed E-state index contributed by atoms with van der Waals surface area (Å²) in [5.41, 5.74) is 0.0561. The Morgan fingerprint density at radius 3 is 2.58 bits per heavy atom. The van der Waals surface area contributed by atoms with Crippen LogP contribution in [0, 0.1) is 10.1 Å². The number of nitro benzene ring substituents is 1. The molecule has 0 fully saturated rings. The molecule has 0 saturated carbocycles. The quantitative estimate of drug-likeness (QED) is 0.356. The monoisotopic (exact) mass is 284 g/mol. The topological polar surface area (TPSA) is 81.5 Å². The zero-order valence-electron chi connectivity index (χ0n) is 10.8. The highest BCUT2D eigenvalue weighted by Gasteiger charge is 2.18. The molecule has 19 heavy (non-hydrogen) atoms. The van der Waals surface area contributed by atoms with E-state index in [9.17, 15) is 14.9 Å². The van der Waals surface area contributed by atoms with Gasteiger partial charge in [-0.3, -0.25) is 14.9 Å². The van der Waals surface area contributed by atoms with E-state index in [2.05, 4.69) is 5.32 Å². The third-order valence-electron chi connectivity index (χ3n) is 2.40. The van der Waals surface area contributed by atoms with Crippen molar-refractivity contribution in [2.75, 3.05) is 19.4 Å². The SMILES string of the molecule is CCNC(CSc1ccc([N+](=O)[O-])cc1)C(=O)OC. The van der Waals surface area contributed by atoms with E-state index in [1.807, 2.05) is 6.92 Å². The van der Waals surface area contributed by atoms with Crippen molar-refractivity contribution in [3.05, 3.63) is 34.4 Å². The average molecular weight is 284 g/mol. The first-order valence-electron chi connectivity index (χ1n) is 5.77. The number of methoxy groups -OCH3 is 1. The number of nitrogens with one attached hydrogen (secondary N) is 1. The normalized spacial score (nSPS) is 11.9. The van der Waals surface area contributed by atoms with Crippen LogP contribution in [0.5, 0.6) is 0 Å². The van der Waals surface area contributed by atoms with E-state index in [1.54, 1.807) is 12.1 Å². The van der Waals surface area contributed by atoms with Crippen LogP contribution in [-0.4, -0.2) is 36.3 Å². The van der Waals surface area contributed by atoms with Gasteiger partial charge in [-0.15, -0.1) is 11.8 Å². The number of non-ortho nitro benzene ring substituents is 1. The zero-order chi connectivity index (χ0) is 14.3. The van der Waals surface area contributed by atoms with Gasteiger partial charge in [0.15, 0.2) is 0 Å². The molecule has 7 heteroatoms. The lowest BCUT2D eigenvalue weighted by molar-refractivity contribution is -0.384. The second-order valence-electron chi connectivity index (χ2n) is 3.70. The molecule has 1 rings (SSSR count). The molecule has 1 unspecified atom stereocenters. The minimum Gasteiger partial charge on any atom is -0.468 e. The van der Waals surface area contributed by atoms with Crippen LogP contribution in [0.1, 0.15) is 6.92 Å². The standard InChI is InChI=1S/C12H16N2O4S/c1-3-13-11(12(15)18-2)8-19-10-6-4-9(5-7-10)14(16)17/h4-7,11,13H,3,8H2,1-2H3. The maximum absolute atomic E-state index is 11.5. The van der Waals surface area contributed by atoms with E-state index in [4.69, 9.17) is 4.74 Å². The average Bonchev–Trinajstić information content (AvgIpc) is 2.43. The predicted octanol–water partition coefficient (Wildman–Crippen LogP) is 1.84. The van der Waals surface area contributed by atoms with E-state index in [1.165, 1.54) is 31.0 Å². The van der Waals surface area contributed by atoms with Gasteiger partial charge < -0.3 is 10.1 Å². The van der Waals surface area contributed by atoms with Crippen LogP contribution in [0.15, 0.2) is 29.2 Å². The highest BCUT2D eigenvalue weighted by Crippen LogP contribution is 2.22. The Hall–Kier alpha value is -1.60. The Bertz CT molecular complexity index is 436. The molecule has 104 valence electrons. The number of carbonyl (C=O) groups excluding carboxylic acids is 1. The lowest BCUT2D eigenvalue weighted by atomic mass is 10.3. The van der Waals surface area contributed by atoms with Gasteiger partial charge in [-0.1, -0.05) is 6.92 Å². The van der Waals surface area contributed by atoms with E-state index in [-0.39, 0.29) is 17.7 Å². The Labute approximate surface area is 115 Å². The third-order valence-corrected chi connectivity index (χ3v) is 3.51. The summed E-state index contributed by atoms with van der Waals surface area (Å²) in [5, 5.41) is 13.5. The Morgan fingerprint density at radius 2 is 2.11 bits per heavy atom. The summed E-state index contributed by atoms with van der Waals surface area (Å²) >= 11 is 1.45. The van der Waals surface area contributed by atoms with Gasteiger partial charge in [-0.05, 0) is 18.7 Å². The predicted molar refractivity (Wildman–Crippen MR) is 73.3 cm³/mol. The van der Waals surface area contributed by atoms with Crippen molar-refractivity contribution in [3.8, 4) is 0 Å². The van der Waals surface area contributed by atoms with Crippen LogP contribution >= 0.6 is 11.8 Å². The number of esters is 1. The first kappa shape index (κ1) is 15.5. The minimum atomic E-state index is -0.440. The van der Waals surface area contributed by atoms with Crippen LogP contribution in [-0.2, 0) is 9.53 Å². The lowest BCUT2D eigenvalue weighted by Gasteiger charge is -2.14. The Morgan fingerprint density at radius 1 is 1.47 bits per heavy atom. The van der Waals surface area contributed by atoms with Crippen LogP contribution in [0.4, 0.5) is 5.69 Å². The second-order valence-corrected chi connectivity index (χ2v) is 4.79. The van der Waals surface area contributed by atoms with Gasteiger partial charge in [-0.25, -0.2) is 0 Å². The van der Waals surface area contributed by atoms with E-state index in [0.29, 0.717) is 12.3 Å². The number of thioether (sulfide) groups is 1. The molecule has 0 spiro atoms. The van der Waals surface area contributed by atoms with Crippen molar-refractivity contribution in [2.24, 2.45) is 0 Å². The number of ether oxygens (including phenoxy) is 1. The van der Waals surface area contributed by atoms with E-state index < -0.39 is 4.92 Å². The summed E-state index contributed by atoms with van der Waals surface area (Å²) in [6.07, 6.45) is 0. The molecule has 0 aromatic heterocycles. The second kappa shape index (κ2) is 7.75. The van der Waals surface area contributed by atoms with Gasteiger partial charge in [-0.2, -0.15) is 0 Å². The molecule has 1 N–H and O–H groups in total. The minimum absolute atomic E-state index is 0.0561. The summed E-state index contributed by atoms with van der Waals surface area (Å²) in [6.45, 7) is 2.58. The van der Waals surface area contributed by atoms with Gasteiger partial charge in [0.05, 0.1) is 12.0 Å². The molecule has 0 radical (unpaired) electrons. The van der Waals surface area contributed by atoms with Gasteiger partial charge in [0.1, 0.15) is 6.04 Å². The molecule has 0 saturated heterocycles. The molecule has 1 aromatic rings. The fourth-order valence-corrected chi connectivity index (χ4v) is 2.38. The van der Waals surface area contributed by atoms with Crippen molar-refractivity contribution in [3.63, 3.8) is 0 Å². The van der Waals surface area contributed by atoms with Crippen molar-refractivity contribution in [1.82, 2.24) is 5.32 Å². The molecule has 0 aliphatic rings. The fourth-order valence-electron chi connectivity index (χ4n) is 1.44. The number of nitro groups is 1. The van der Waals surface area contributed by atoms with Crippen LogP contribution in [0.25, 0.3) is 0 Å². The van der Waals surface area contributed by atoms with E-state index in [0.717, 1.165) is 4.90 Å². The number of likely N-dealkylation sites (N-methyl/N-ethyl adjacent to an activating group) is 1. The molecule has 1 aromatic carbocycles. The smallest absolute Gasteiger partial charge is 0.323 e. The molecular weight excluding hydrogens is 268 g/mol. The van der Waals surface area contributed by atoms with Gasteiger partial charge in [0.2, 0.25) is 0 Å². The van der Waals surface area contributed by atoms with Gasteiger partial charge >= 0.3 is 5.97 Å². The van der Waals surface area contributed by atoms with Crippen molar-refractivity contribution in [1.29, 1.82) is 0 Å². The molecule has 6 nitrogen and oxygen atoms in total. The lowest BCUT2D eigenvalue weighted by Crippen LogP contribution is -2.39. The molecule has 0 aliphatic heterocycles. The number of hydrogen-bond donors (Lipinski definition) is 1. The van der Waals surface area contributed by atoms with Gasteiger partial charge in [0, 0.05) is 22.8 Å². The molecular formula is C12H16N2O4S. The molecule has 0 aliphatic carbocycles. The molecule has 0 bridgehead atoms. The molecule has 0 amide bonds. The van der Waals surface area contributed by atoms with Crippen LogP contribution < -0.4 is 5.32 Å². The zero-order valence-corrected chi connectivity index (χ0v) is 11.6. The number of hydrogen-bond acceptors (Lipinski definition) is 6. The summed E-state index contributed by atoms with van der Waals surface area (Å²) in [6, 6.07) is 5.85. The van der Waals surface area contributed by atoms with E-state index >= 15 is 0 Å². The first-order valence-corrected chi connectivity index (χ1v) is 6.75. The summed E-state index contributed by atoms with van der Waals surface area (Å²) in [4.78, 5) is 22.4. The van der Waals surface area contributed by atoms with Crippen LogP contribution in [0.2, 0.25) is 0 Å². The maximum atomic E-state index is 11.5. The van der Waals surface area contributed by atoms with Crippen molar-refractivity contribution >= 4 is 23.4 Å². The summed E-state index contributed by atoms with van der Waals surface area (Å²) in [7, 11) is 1.35. The third kappa shape index (κ3) is 4.88. The first-order chi connectivity index (χ1) is 9.08. The Kier molecular flexibility index (Phi) is 6.31. The highest BCUT2D eigenvalue weighted by atomic mass is 32.2. The summed E-state index contributed by atoms with van der Waals surface area (Å²) < 4.78 is 4.70. The Balaban J connectivity index is 2.58. The van der Waals surface area contributed by atoms with Gasteiger partial charge in [0.25, 0.3) is 5.69 Å². The number of carbonyl (C=O) groups is 1. The van der Waals surface area contributed by atoms with Crippen molar-refractivity contribution in [2.45, 2.75) is 17.9 Å². The number of rotatable bonds is 7. The molecule has 1 atom stereocenters. The van der Waals surface area contributed by atoms with Crippen molar-refractivity contribution < 1.29 is 14.5 Å². The fraction of sp³-hybridized carbons (Fsp3) is 0.417. The summed E-state index contributed by atoms with van der Waals surface area (Å²) in [5.74, 6) is 0.203. The number of benzene rings is 1. The molecule has 0 heterocycles. The highest BCUT2D eigenvalue weighted by molar-refractivity contribution is 7.99. The maximum Gasteiger partial charge on any atom is 0.323 e.